The molecule has 2 fully saturated rings. The Morgan fingerprint density at radius 3 is 2.58 bits per heavy atom. The minimum absolute atomic E-state index is 0.00287. The molecule has 0 aromatic heterocycles. The molecule has 19 heavy (non-hydrogen) atoms. The molecule has 1 aliphatic heterocycles. The third-order valence-electron chi connectivity index (χ3n) is 4.29. The summed E-state index contributed by atoms with van der Waals surface area (Å²) in [7, 11) is 0. The quantitative estimate of drug-likeness (QED) is 0.773. The average Bonchev–Trinajstić information content (AvgIpc) is 2.41. The van der Waals surface area contributed by atoms with E-state index in [9.17, 15) is 14.7 Å². The fourth-order valence-electron chi connectivity index (χ4n) is 3.06. The highest BCUT2D eigenvalue weighted by molar-refractivity contribution is 5.81. The Labute approximate surface area is 114 Å². The molecule has 2 rings (SSSR count). The van der Waals surface area contributed by atoms with E-state index in [4.69, 9.17) is 0 Å². The number of amides is 2. The van der Waals surface area contributed by atoms with Crippen LogP contribution in [-0.4, -0.2) is 47.1 Å². The highest BCUT2D eigenvalue weighted by Crippen LogP contribution is 2.21. The SMILES string of the molecule is CC(=O)N1CCCC(C(=O)NC2CCCCC2O)C1. The molecule has 0 aromatic rings. The van der Waals surface area contributed by atoms with E-state index in [1.807, 2.05) is 0 Å². The Balaban J connectivity index is 1.86. The summed E-state index contributed by atoms with van der Waals surface area (Å²) < 4.78 is 0. The standard InChI is InChI=1S/C14H24N2O3/c1-10(17)16-8-4-5-11(9-16)14(19)15-12-6-2-3-7-13(12)18/h11-13,18H,2-9H2,1H3,(H,15,19). The van der Waals surface area contributed by atoms with Crippen LogP contribution in [0.15, 0.2) is 0 Å². The maximum Gasteiger partial charge on any atom is 0.225 e. The third-order valence-corrected chi connectivity index (χ3v) is 4.29. The van der Waals surface area contributed by atoms with E-state index in [0.29, 0.717) is 6.54 Å². The Bertz CT molecular complexity index is 346. The number of nitrogens with zero attached hydrogens (tertiary/aromatic N) is 1. The van der Waals surface area contributed by atoms with Crippen LogP contribution in [0.25, 0.3) is 0 Å². The van der Waals surface area contributed by atoms with Crippen molar-refractivity contribution in [3.63, 3.8) is 0 Å². The molecular formula is C14H24N2O3. The lowest BCUT2D eigenvalue weighted by atomic mass is 9.91. The maximum atomic E-state index is 12.2. The molecule has 0 spiro atoms. The molecule has 1 aliphatic carbocycles. The van der Waals surface area contributed by atoms with Gasteiger partial charge >= 0.3 is 0 Å². The number of nitrogens with one attached hydrogen (secondary N) is 1. The predicted octanol–water partition coefficient (Wildman–Crippen LogP) is 0.665. The van der Waals surface area contributed by atoms with Crippen LogP contribution in [-0.2, 0) is 9.59 Å². The molecule has 0 bridgehead atoms. The molecule has 108 valence electrons. The highest BCUT2D eigenvalue weighted by atomic mass is 16.3. The Hall–Kier alpha value is -1.10. The van der Waals surface area contributed by atoms with Crippen LogP contribution in [0.2, 0.25) is 0 Å². The van der Waals surface area contributed by atoms with Gasteiger partial charge in [0, 0.05) is 20.0 Å². The smallest absolute Gasteiger partial charge is 0.225 e. The van der Waals surface area contributed by atoms with Crippen LogP contribution in [0, 0.1) is 5.92 Å². The molecule has 1 heterocycles. The van der Waals surface area contributed by atoms with Crippen molar-refractivity contribution in [3.05, 3.63) is 0 Å². The van der Waals surface area contributed by atoms with Crippen LogP contribution < -0.4 is 5.32 Å². The van der Waals surface area contributed by atoms with E-state index in [1.54, 1.807) is 11.8 Å². The lowest BCUT2D eigenvalue weighted by molar-refractivity contribution is -0.134. The molecule has 2 amide bonds. The second-order valence-electron chi connectivity index (χ2n) is 5.77. The highest BCUT2D eigenvalue weighted by Gasteiger charge is 2.30. The number of aliphatic hydroxyl groups excluding tert-OH is 1. The van der Waals surface area contributed by atoms with Crippen molar-refractivity contribution in [2.24, 2.45) is 5.92 Å². The fourth-order valence-corrected chi connectivity index (χ4v) is 3.06. The molecule has 5 nitrogen and oxygen atoms in total. The van der Waals surface area contributed by atoms with E-state index in [1.165, 1.54) is 0 Å². The van der Waals surface area contributed by atoms with Crippen molar-refractivity contribution in [1.29, 1.82) is 0 Å². The monoisotopic (exact) mass is 268 g/mol. The first-order valence-corrected chi connectivity index (χ1v) is 7.32. The first-order chi connectivity index (χ1) is 9.08. The number of aliphatic hydroxyl groups is 1. The summed E-state index contributed by atoms with van der Waals surface area (Å²) in [5.74, 6) is -0.0844. The van der Waals surface area contributed by atoms with Crippen molar-refractivity contribution in [2.75, 3.05) is 13.1 Å². The zero-order valence-electron chi connectivity index (χ0n) is 11.6. The zero-order chi connectivity index (χ0) is 13.8. The van der Waals surface area contributed by atoms with E-state index >= 15 is 0 Å². The number of rotatable bonds is 2. The summed E-state index contributed by atoms with van der Waals surface area (Å²) in [6.45, 7) is 2.82. The second kappa shape index (κ2) is 6.37. The van der Waals surface area contributed by atoms with E-state index in [2.05, 4.69) is 5.32 Å². The summed E-state index contributed by atoms with van der Waals surface area (Å²) in [6, 6.07) is -0.103. The minimum atomic E-state index is -0.412. The lowest BCUT2D eigenvalue weighted by Crippen LogP contribution is -2.50. The topological polar surface area (TPSA) is 69.6 Å². The summed E-state index contributed by atoms with van der Waals surface area (Å²) in [5.41, 5.74) is 0. The van der Waals surface area contributed by atoms with Crippen LogP contribution in [0.5, 0.6) is 0 Å². The van der Waals surface area contributed by atoms with E-state index in [-0.39, 0.29) is 23.8 Å². The number of piperidine rings is 1. The second-order valence-corrected chi connectivity index (χ2v) is 5.77. The number of hydrogen-bond acceptors (Lipinski definition) is 3. The first-order valence-electron chi connectivity index (χ1n) is 7.32. The summed E-state index contributed by atoms with van der Waals surface area (Å²) in [4.78, 5) is 25.3. The molecular weight excluding hydrogens is 244 g/mol. The van der Waals surface area contributed by atoms with Gasteiger partial charge in [-0.05, 0) is 25.7 Å². The van der Waals surface area contributed by atoms with Crippen molar-refractivity contribution in [2.45, 2.75) is 57.6 Å². The van der Waals surface area contributed by atoms with Crippen LogP contribution in [0.1, 0.15) is 45.4 Å². The molecule has 1 saturated carbocycles. The predicted molar refractivity (Wildman–Crippen MR) is 71.4 cm³/mol. The molecule has 3 unspecified atom stereocenters. The molecule has 5 heteroatoms. The van der Waals surface area contributed by atoms with Gasteiger partial charge in [0.25, 0.3) is 0 Å². The molecule has 0 aromatic carbocycles. The molecule has 3 atom stereocenters. The summed E-state index contributed by atoms with van der Waals surface area (Å²) in [5, 5.41) is 12.8. The molecule has 2 N–H and O–H groups in total. The van der Waals surface area contributed by atoms with Crippen molar-refractivity contribution >= 4 is 11.8 Å². The number of carbonyl (C=O) groups is 2. The van der Waals surface area contributed by atoms with E-state index in [0.717, 1.165) is 45.1 Å². The normalized spacial score (nSPS) is 31.9. The summed E-state index contributed by atoms with van der Waals surface area (Å²) in [6.07, 6.45) is 5.03. The number of carbonyl (C=O) groups excluding carboxylic acids is 2. The average molecular weight is 268 g/mol. The van der Waals surface area contributed by atoms with Gasteiger partial charge in [0.15, 0.2) is 0 Å². The fraction of sp³-hybridized carbons (Fsp3) is 0.857. The Morgan fingerprint density at radius 2 is 1.89 bits per heavy atom. The van der Waals surface area contributed by atoms with Gasteiger partial charge in [-0.25, -0.2) is 0 Å². The van der Waals surface area contributed by atoms with Gasteiger partial charge in [-0.1, -0.05) is 12.8 Å². The molecule has 2 aliphatic rings. The zero-order valence-corrected chi connectivity index (χ0v) is 11.6. The minimum Gasteiger partial charge on any atom is -0.391 e. The van der Waals surface area contributed by atoms with Gasteiger partial charge in [-0.3, -0.25) is 9.59 Å². The number of likely N-dealkylation sites (tertiary alicyclic amines) is 1. The molecule has 0 radical (unpaired) electrons. The van der Waals surface area contributed by atoms with Gasteiger partial charge in [-0.2, -0.15) is 0 Å². The van der Waals surface area contributed by atoms with Gasteiger partial charge in [0.2, 0.25) is 11.8 Å². The number of hydrogen-bond donors (Lipinski definition) is 2. The van der Waals surface area contributed by atoms with Crippen molar-refractivity contribution in [3.8, 4) is 0 Å². The Kier molecular flexibility index (Phi) is 4.80. The summed E-state index contributed by atoms with van der Waals surface area (Å²) >= 11 is 0. The van der Waals surface area contributed by atoms with E-state index < -0.39 is 6.10 Å². The van der Waals surface area contributed by atoms with Gasteiger partial charge < -0.3 is 15.3 Å². The maximum absolute atomic E-state index is 12.2. The Morgan fingerprint density at radius 1 is 1.16 bits per heavy atom. The largest absolute Gasteiger partial charge is 0.391 e. The molecule has 1 saturated heterocycles. The third kappa shape index (κ3) is 3.69. The van der Waals surface area contributed by atoms with Crippen LogP contribution in [0.4, 0.5) is 0 Å². The van der Waals surface area contributed by atoms with Gasteiger partial charge in [0.1, 0.15) is 0 Å². The van der Waals surface area contributed by atoms with Gasteiger partial charge in [-0.15, -0.1) is 0 Å². The van der Waals surface area contributed by atoms with Gasteiger partial charge in [0.05, 0.1) is 18.1 Å². The first kappa shape index (κ1) is 14.3. The van der Waals surface area contributed by atoms with Crippen molar-refractivity contribution < 1.29 is 14.7 Å². The van der Waals surface area contributed by atoms with Crippen LogP contribution in [0.3, 0.4) is 0 Å². The lowest BCUT2D eigenvalue weighted by Gasteiger charge is -2.34. The van der Waals surface area contributed by atoms with Crippen molar-refractivity contribution in [1.82, 2.24) is 10.2 Å². The van der Waals surface area contributed by atoms with Crippen LogP contribution >= 0.6 is 0 Å².